The normalized spacial score (nSPS) is 10.0. The van der Waals surface area contributed by atoms with Crippen molar-refractivity contribution in [2.75, 3.05) is 19.5 Å². The Labute approximate surface area is 100 Å². The van der Waals surface area contributed by atoms with Crippen LogP contribution in [0.15, 0.2) is 41.2 Å². The fraction of sp³-hybridized carbons (Fsp3) is 0.231. The molecule has 0 atom stereocenters. The first kappa shape index (κ1) is 11.4. The van der Waals surface area contributed by atoms with Gasteiger partial charge in [0, 0.05) is 23.9 Å². The van der Waals surface area contributed by atoms with Gasteiger partial charge in [0.15, 0.2) is 11.5 Å². The van der Waals surface area contributed by atoms with Crippen LogP contribution in [0.3, 0.4) is 0 Å². The number of furan rings is 1. The molecule has 1 aromatic heterocycles. The molecule has 0 aliphatic carbocycles. The molecule has 1 N–H and O–H groups in total. The van der Waals surface area contributed by atoms with E-state index in [0.29, 0.717) is 12.3 Å². The summed E-state index contributed by atoms with van der Waals surface area (Å²) in [6.45, 7) is 0.714. The second-order valence-electron chi connectivity index (χ2n) is 3.55. The van der Waals surface area contributed by atoms with Crippen molar-refractivity contribution < 1.29 is 13.9 Å². The van der Waals surface area contributed by atoms with Gasteiger partial charge in [-0.15, -0.1) is 0 Å². The predicted molar refractivity (Wildman–Crippen MR) is 65.6 cm³/mol. The molecule has 0 spiro atoms. The molecule has 0 unspecified atom stereocenters. The minimum Gasteiger partial charge on any atom is -0.493 e. The zero-order valence-electron chi connectivity index (χ0n) is 9.90. The maximum absolute atomic E-state index is 5.23. The lowest BCUT2D eigenvalue weighted by atomic mass is 10.2. The van der Waals surface area contributed by atoms with Gasteiger partial charge in [0.05, 0.1) is 26.7 Å². The highest BCUT2D eigenvalue weighted by Gasteiger charge is 2.04. The molecule has 2 aromatic rings. The third kappa shape index (κ3) is 2.72. The van der Waals surface area contributed by atoms with E-state index in [-0.39, 0.29) is 0 Å². The zero-order valence-corrected chi connectivity index (χ0v) is 9.90. The fourth-order valence-electron chi connectivity index (χ4n) is 1.54. The Morgan fingerprint density at radius 2 is 1.94 bits per heavy atom. The monoisotopic (exact) mass is 233 g/mol. The van der Waals surface area contributed by atoms with Crippen molar-refractivity contribution >= 4 is 5.69 Å². The molecule has 90 valence electrons. The van der Waals surface area contributed by atoms with E-state index in [4.69, 9.17) is 13.9 Å². The molecule has 0 saturated carbocycles. The molecule has 17 heavy (non-hydrogen) atoms. The lowest BCUT2D eigenvalue weighted by Gasteiger charge is -2.10. The SMILES string of the molecule is COc1ccc(NCc2ccoc2)cc1OC. The van der Waals surface area contributed by atoms with Gasteiger partial charge in [-0.05, 0) is 18.2 Å². The Morgan fingerprint density at radius 3 is 2.59 bits per heavy atom. The minimum absolute atomic E-state index is 0.713. The number of benzene rings is 1. The van der Waals surface area contributed by atoms with Gasteiger partial charge in [-0.25, -0.2) is 0 Å². The molecule has 4 nitrogen and oxygen atoms in total. The topological polar surface area (TPSA) is 43.6 Å². The van der Waals surface area contributed by atoms with E-state index in [1.165, 1.54) is 0 Å². The van der Waals surface area contributed by atoms with Gasteiger partial charge in [-0.1, -0.05) is 0 Å². The molecule has 0 radical (unpaired) electrons. The Kier molecular flexibility index (Phi) is 3.55. The molecule has 0 fully saturated rings. The van der Waals surface area contributed by atoms with Crippen LogP contribution in [0.25, 0.3) is 0 Å². The number of ether oxygens (including phenoxy) is 2. The molecule has 0 bridgehead atoms. The summed E-state index contributed by atoms with van der Waals surface area (Å²) in [5.41, 5.74) is 2.07. The van der Waals surface area contributed by atoms with Crippen molar-refractivity contribution in [3.05, 3.63) is 42.4 Å². The average molecular weight is 233 g/mol. The van der Waals surface area contributed by atoms with E-state index < -0.39 is 0 Å². The first-order valence-corrected chi connectivity index (χ1v) is 5.30. The van der Waals surface area contributed by atoms with E-state index in [9.17, 15) is 0 Å². The highest BCUT2D eigenvalue weighted by Crippen LogP contribution is 2.29. The van der Waals surface area contributed by atoms with E-state index in [2.05, 4.69) is 5.32 Å². The number of methoxy groups -OCH3 is 2. The summed E-state index contributed by atoms with van der Waals surface area (Å²) in [7, 11) is 3.24. The van der Waals surface area contributed by atoms with Crippen LogP contribution in [-0.4, -0.2) is 14.2 Å². The van der Waals surface area contributed by atoms with Crippen molar-refractivity contribution in [2.45, 2.75) is 6.54 Å². The molecule has 0 aliphatic heterocycles. The van der Waals surface area contributed by atoms with Gasteiger partial charge in [-0.2, -0.15) is 0 Å². The highest BCUT2D eigenvalue weighted by molar-refractivity contribution is 5.54. The maximum Gasteiger partial charge on any atom is 0.162 e. The molecule has 2 rings (SSSR count). The van der Waals surface area contributed by atoms with E-state index in [1.54, 1.807) is 26.7 Å². The summed E-state index contributed by atoms with van der Waals surface area (Å²) in [4.78, 5) is 0. The van der Waals surface area contributed by atoms with E-state index >= 15 is 0 Å². The van der Waals surface area contributed by atoms with E-state index in [0.717, 1.165) is 17.0 Å². The Bertz CT molecular complexity index is 466. The van der Waals surface area contributed by atoms with Gasteiger partial charge in [0.25, 0.3) is 0 Å². The summed E-state index contributed by atoms with van der Waals surface area (Å²) in [5, 5.41) is 3.28. The largest absolute Gasteiger partial charge is 0.493 e. The molecule has 0 aliphatic rings. The summed E-state index contributed by atoms with van der Waals surface area (Å²) >= 11 is 0. The number of rotatable bonds is 5. The maximum atomic E-state index is 5.23. The van der Waals surface area contributed by atoms with Crippen molar-refractivity contribution in [1.82, 2.24) is 0 Å². The third-order valence-electron chi connectivity index (χ3n) is 2.46. The van der Waals surface area contributed by atoms with Crippen molar-refractivity contribution in [1.29, 1.82) is 0 Å². The van der Waals surface area contributed by atoms with Crippen LogP contribution in [0, 0.1) is 0 Å². The van der Waals surface area contributed by atoms with Crippen LogP contribution in [0.1, 0.15) is 5.56 Å². The first-order chi connectivity index (χ1) is 8.33. The molecular weight excluding hydrogens is 218 g/mol. The third-order valence-corrected chi connectivity index (χ3v) is 2.46. The average Bonchev–Trinajstić information content (AvgIpc) is 2.89. The van der Waals surface area contributed by atoms with Crippen LogP contribution >= 0.6 is 0 Å². The van der Waals surface area contributed by atoms with Crippen molar-refractivity contribution in [2.24, 2.45) is 0 Å². The number of hydrogen-bond donors (Lipinski definition) is 1. The Balaban J connectivity index is 2.06. The van der Waals surface area contributed by atoms with Crippen LogP contribution in [0.5, 0.6) is 11.5 Å². The second kappa shape index (κ2) is 5.30. The molecule has 0 saturated heterocycles. The van der Waals surface area contributed by atoms with Gasteiger partial charge in [0.1, 0.15) is 0 Å². The number of hydrogen-bond acceptors (Lipinski definition) is 4. The second-order valence-corrected chi connectivity index (χ2v) is 3.55. The van der Waals surface area contributed by atoms with Crippen LogP contribution in [0.4, 0.5) is 5.69 Å². The Morgan fingerprint density at radius 1 is 1.12 bits per heavy atom. The van der Waals surface area contributed by atoms with Crippen molar-refractivity contribution in [3.8, 4) is 11.5 Å². The zero-order chi connectivity index (χ0) is 12.1. The molecular formula is C13H15NO3. The fourth-order valence-corrected chi connectivity index (χ4v) is 1.54. The molecule has 1 heterocycles. The predicted octanol–water partition coefficient (Wildman–Crippen LogP) is 2.91. The first-order valence-electron chi connectivity index (χ1n) is 5.30. The van der Waals surface area contributed by atoms with E-state index in [1.807, 2.05) is 24.3 Å². The van der Waals surface area contributed by atoms with Crippen LogP contribution in [0.2, 0.25) is 0 Å². The molecule has 1 aromatic carbocycles. The number of anilines is 1. The van der Waals surface area contributed by atoms with Gasteiger partial charge in [0.2, 0.25) is 0 Å². The van der Waals surface area contributed by atoms with Gasteiger partial charge >= 0.3 is 0 Å². The Hall–Kier alpha value is -2.10. The smallest absolute Gasteiger partial charge is 0.162 e. The molecule has 0 amide bonds. The van der Waals surface area contributed by atoms with Crippen molar-refractivity contribution in [3.63, 3.8) is 0 Å². The van der Waals surface area contributed by atoms with Gasteiger partial charge < -0.3 is 19.2 Å². The molecule has 4 heteroatoms. The van der Waals surface area contributed by atoms with Gasteiger partial charge in [-0.3, -0.25) is 0 Å². The standard InChI is InChI=1S/C13H15NO3/c1-15-12-4-3-11(7-13(12)16-2)14-8-10-5-6-17-9-10/h3-7,9,14H,8H2,1-2H3. The lowest BCUT2D eigenvalue weighted by molar-refractivity contribution is 0.355. The number of nitrogens with one attached hydrogen (secondary N) is 1. The lowest BCUT2D eigenvalue weighted by Crippen LogP contribution is -1.99. The summed E-state index contributed by atoms with van der Waals surface area (Å²) < 4.78 is 15.4. The van der Waals surface area contributed by atoms with Crippen LogP contribution < -0.4 is 14.8 Å². The summed E-state index contributed by atoms with van der Waals surface area (Å²) in [6, 6.07) is 7.64. The van der Waals surface area contributed by atoms with Crippen LogP contribution in [-0.2, 0) is 6.54 Å². The summed E-state index contributed by atoms with van der Waals surface area (Å²) in [5.74, 6) is 1.44. The quantitative estimate of drug-likeness (QED) is 0.862. The highest BCUT2D eigenvalue weighted by atomic mass is 16.5. The summed E-state index contributed by atoms with van der Waals surface area (Å²) in [6.07, 6.45) is 3.37. The minimum atomic E-state index is 0.713.